The van der Waals surface area contributed by atoms with E-state index in [-0.39, 0.29) is 6.61 Å². The highest BCUT2D eigenvalue weighted by Gasteiger charge is 2.05. The maximum atomic E-state index is 8.74. The van der Waals surface area contributed by atoms with Crippen LogP contribution in [0.3, 0.4) is 0 Å². The molecule has 2 heterocycles. The minimum atomic E-state index is 0.180. The average molecular weight is 211 g/mol. The van der Waals surface area contributed by atoms with Gasteiger partial charge in [0.05, 0.1) is 11.7 Å². The van der Waals surface area contributed by atoms with Crippen molar-refractivity contribution in [2.24, 2.45) is 0 Å². The molecule has 0 aliphatic heterocycles. The SMILES string of the molecule is OCCCc1ncc2cccc(Cl)n12. The number of imidazole rings is 1. The van der Waals surface area contributed by atoms with Crippen LogP contribution in [0.2, 0.25) is 5.15 Å². The molecule has 0 saturated heterocycles. The van der Waals surface area contributed by atoms with Gasteiger partial charge in [-0.25, -0.2) is 4.98 Å². The summed E-state index contributed by atoms with van der Waals surface area (Å²) in [7, 11) is 0. The van der Waals surface area contributed by atoms with Crippen LogP contribution in [0.25, 0.3) is 5.52 Å². The molecule has 2 aromatic heterocycles. The van der Waals surface area contributed by atoms with Crippen molar-refractivity contribution in [3.63, 3.8) is 0 Å². The monoisotopic (exact) mass is 210 g/mol. The number of hydrogen-bond acceptors (Lipinski definition) is 2. The Morgan fingerprint density at radius 2 is 2.29 bits per heavy atom. The number of pyridine rings is 1. The van der Waals surface area contributed by atoms with Gasteiger partial charge >= 0.3 is 0 Å². The molecule has 0 amide bonds. The summed E-state index contributed by atoms with van der Waals surface area (Å²) in [6.45, 7) is 0.180. The van der Waals surface area contributed by atoms with Gasteiger partial charge in [-0.1, -0.05) is 17.7 Å². The number of rotatable bonds is 3. The highest BCUT2D eigenvalue weighted by Crippen LogP contribution is 2.15. The molecule has 0 unspecified atom stereocenters. The number of aromatic nitrogens is 2. The van der Waals surface area contributed by atoms with Crippen LogP contribution in [0.15, 0.2) is 24.4 Å². The average Bonchev–Trinajstić information content (AvgIpc) is 2.59. The first-order valence-corrected chi connectivity index (χ1v) is 4.92. The maximum absolute atomic E-state index is 8.74. The van der Waals surface area contributed by atoms with Crippen molar-refractivity contribution in [3.8, 4) is 0 Å². The van der Waals surface area contributed by atoms with Crippen LogP contribution in [-0.4, -0.2) is 21.1 Å². The number of nitrogens with zero attached hydrogens (tertiary/aromatic N) is 2. The first kappa shape index (κ1) is 9.49. The van der Waals surface area contributed by atoms with Crippen LogP contribution in [0.5, 0.6) is 0 Å². The maximum Gasteiger partial charge on any atom is 0.114 e. The second-order valence-corrected chi connectivity index (χ2v) is 3.50. The van der Waals surface area contributed by atoms with Gasteiger partial charge in [0.25, 0.3) is 0 Å². The predicted octanol–water partition coefficient (Wildman–Crippen LogP) is 1.91. The molecule has 1 N–H and O–H groups in total. The zero-order valence-corrected chi connectivity index (χ0v) is 8.41. The van der Waals surface area contributed by atoms with Crippen LogP contribution in [0.4, 0.5) is 0 Å². The number of aliphatic hydroxyl groups is 1. The van der Waals surface area contributed by atoms with Crippen molar-refractivity contribution in [2.45, 2.75) is 12.8 Å². The zero-order valence-electron chi connectivity index (χ0n) is 7.65. The van der Waals surface area contributed by atoms with Crippen LogP contribution in [0, 0.1) is 0 Å². The van der Waals surface area contributed by atoms with Crippen molar-refractivity contribution >= 4 is 17.1 Å². The first-order valence-electron chi connectivity index (χ1n) is 4.54. The summed E-state index contributed by atoms with van der Waals surface area (Å²) in [6.07, 6.45) is 3.25. The Bertz CT molecular complexity index is 439. The minimum Gasteiger partial charge on any atom is -0.396 e. The Hall–Kier alpha value is -1.06. The number of hydrogen-bond donors (Lipinski definition) is 1. The van der Waals surface area contributed by atoms with Crippen LogP contribution in [-0.2, 0) is 6.42 Å². The molecule has 74 valence electrons. The van der Waals surface area contributed by atoms with E-state index >= 15 is 0 Å². The van der Waals surface area contributed by atoms with E-state index < -0.39 is 0 Å². The van der Waals surface area contributed by atoms with Gasteiger partial charge in [-0.15, -0.1) is 0 Å². The first-order chi connectivity index (χ1) is 6.83. The van der Waals surface area contributed by atoms with E-state index in [1.54, 1.807) is 6.20 Å². The molecule has 0 radical (unpaired) electrons. The molecule has 0 aromatic carbocycles. The Morgan fingerprint density at radius 1 is 1.43 bits per heavy atom. The van der Waals surface area contributed by atoms with Crippen molar-refractivity contribution < 1.29 is 5.11 Å². The highest BCUT2D eigenvalue weighted by molar-refractivity contribution is 6.29. The minimum absolute atomic E-state index is 0.180. The Morgan fingerprint density at radius 3 is 3.07 bits per heavy atom. The fraction of sp³-hybridized carbons (Fsp3) is 0.300. The second kappa shape index (κ2) is 3.98. The van der Waals surface area contributed by atoms with Gasteiger partial charge < -0.3 is 5.11 Å². The molecule has 2 rings (SSSR count). The van der Waals surface area contributed by atoms with Crippen LogP contribution in [0.1, 0.15) is 12.2 Å². The summed E-state index contributed by atoms with van der Waals surface area (Å²) >= 11 is 6.04. The van der Waals surface area contributed by atoms with Crippen molar-refractivity contribution in [3.05, 3.63) is 35.4 Å². The van der Waals surface area contributed by atoms with Crippen molar-refractivity contribution in [2.75, 3.05) is 6.61 Å². The number of fused-ring (bicyclic) bond motifs is 1. The van der Waals surface area contributed by atoms with Gasteiger partial charge in [0.2, 0.25) is 0 Å². The van der Waals surface area contributed by atoms with Gasteiger partial charge in [-0.2, -0.15) is 0 Å². The van der Waals surface area contributed by atoms with Crippen LogP contribution >= 0.6 is 11.6 Å². The van der Waals surface area contributed by atoms with E-state index in [0.717, 1.165) is 17.8 Å². The molecule has 14 heavy (non-hydrogen) atoms. The van der Waals surface area contributed by atoms with E-state index in [1.807, 2.05) is 22.6 Å². The third-order valence-corrected chi connectivity index (χ3v) is 2.43. The molecule has 0 atom stereocenters. The lowest BCUT2D eigenvalue weighted by atomic mass is 10.3. The van der Waals surface area contributed by atoms with E-state index in [0.29, 0.717) is 11.6 Å². The summed E-state index contributed by atoms with van der Waals surface area (Å²) in [5.41, 5.74) is 0.991. The summed E-state index contributed by atoms with van der Waals surface area (Å²) < 4.78 is 1.90. The van der Waals surface area contributed by atoms with Gasteiger partial charge in [0, 0.05) is 13.0 Å². The van der Waals surface area contributed by atoms with E-state index in [2.05, 4.69) is 4.98 Å². The van der Waals surface area contributed by atoms with Crippen molar-refractivity contribution in [1.82, 2.24) is 9.38 Å². The number of aliphatic hydroxyl groups excluding tert-OH is 1. The quantitative estimate of drug-likeness (QED) is 0.786. The second-order valence-electron chi connectivity index (χ2n) is 3.11. The summed E-state index contributed by atoms with van der Waals surface area (Å²) in [6, 6.07) is 5.69. The molecule has 0 bridgehead atoms. The topological polar surface area (TPSA) is 37.5 Å². The molecule has 0 aliphatic rings. The molecular weight excluding hydrogens is 200 g/mol. The van der Waals surface area contributed by atoms with Crippen LogP contribution < -0.4 is 0 Å². The lowest BCUT2D eigenvalue weighted by Gasteiger charge is -2.01. The smallest absolute Gasteiger partial charge is 0.114 e. The standard InChI is InChI=1S/C10H11ClN2O/c11-9-4-1-3-8-7-12-10(13(8)9)5-2-6-14/h1,3-4,7,14H,2,5-6H2. The molecule has 0 saturated carbocycles. The molecule has 0 spiro atoms. The summed E-state index contributed by atoms with van der Waals surface area (Å²) in [5, 5.41) is 9.40. The molecular formula is C10H11ClN2O. The number of aryl methyl sites for hydroxylation is 1. The molecule has 3 nitrogen and oxygen atoms in total. The zero-order chi connectivity index (χ0) is 9.97. The lowest BCUT2D eigenvalue weighted by molar-refractivity contribution is 0.287. The molecule has 0 aliphatic carbocycles. The Labute approximate surface area is 87.0 Å². The lowest BCUT2D eigenvalue weighted by Crippen LogP contribution is -1.97. The van der Waals surface area contributed by atoms with E-state index in [4.69, 9.17) is 16.7 Å². The van der Waals surface area contributed by atoms with Gasteiger partial charge in [-0.3, -0.25) is 4.40 Å². The fourth-order valence-electron chi connectivity index (χ4n) is 1.48. The Kier molecular flexibility index (Phi) is 2.70. The van der Waals surface area contributed by atoms with Gasteiger partial charge in [-0.05, 0) is 18.6 Å². The van der Waals surface area contributed by atoms with E-state index in [1.165, 1.54) is 0 Å². The Balaban J connectivity index is 2.45. The van der Waals surface area contributed by atoms with E-state index in [9.17, 15) is 0 Å². The molecule has 0 fully saturated rings. The van der Waals surface area contributed by atoms with Crippen molar-refractivity contribution in [1.29, 1.82) is 0 Å². The third kappa shape index (κ3) is 1.61. The molecule has 2 aromatic rings. The number of halogens is 1. The third-order valence-electron chi connectivity index (χ3n) is 2.14. The summed E-state index contributed by atoms with van der Waals surface area (Å²) in [5.74, 6) is 0.902. The summed E-state index contributed by atoms with van der Waals surface area (Å²) in [4.78, 5) is 4.26. The predicted molar refractivity (Wildman–Crippen MR) is 55.6 cm³/mol. The highest BCUT2D eigenvalue weighted by atomic mass is 35.5. The molecule has 4 heteroatoms. The fourth-order valence-corrected chi connectivity index (χ4v) is 1.75. The van der Waals surface area contributed by atoms with Gasteiger partial charge in [0.1, 0.15) is 11.0 Å². The largest absolute Gasteiger partial charge is 0.396 e. The van der Waals surface area contributed by atoms with Gasteiger partial charge in [0.15, 0.2) is 0 Å². The normalized spacial score (nSPS) is 11.0.